The van der Waals surface area contributed by atoms with Gasteiger partial charge < -0.3 is 4.57 Å². The number of nitriles is 1. The van der Waals surface area contributed by atoms with Crippen LogP contribution in [-0.4, -0.2) is 10.8 Å². The van der Waals surface area contributed by atoms with Crippen LogP contribution in [0.4, 0.5) is 5.69 Å². The molecule has 4 fully saturated rings. The molecule has 34 heavy (non-hydrogen) atoms. The molecule has 0 amide bonds. The number of aromatic nitrogens is 1. The Morgan fingerprint density at radius 1 is 1.00 bits per heavy atom. The second-order valence-electron chi connectivity index (χ2n) is 11.2. The number of rotatable bonds is 4. The molecular weight excluding hydrogens is 434 g/mol. The van der Waals surface area contributed by atoms with Crippen molar-refractivity contribution in [1.29, 1.82) is 5.26 Å². The van der Waals surface area contributed by atoms with Gasteiger partial charge in [0.1, 0.15) is 11.1 Å². The average Bonchev–Trinajstić information content (AvgIpc) is 3.25. The quantitative estimate of drug-likeness (QED) is 0.360. The molecule has 0 radical (unpaired) electrons. The van der Waals surface area contributed by atoms with E-state index in [-0.39, 0.29) is 0 Å². The zero-order chi connectivity index (χ0) is 23.6. The lowest BCUT2D eigenvalue weighted by atomic mass is 9.48. The molecule has 3 nitrogen and oxygen atoms in total. The summed E-state index contributed by atoms with van der Waals surface area (Å²) in [5.41, 5.74) is 8.25. The molecule has 2 heterocycles. The van der Waals surface area contributed by atoms with Gasteiger partial charge in [-0.15, -0.1) is 11.3 Å². The smallest absolute Gasteiger partial charge is 0.118 e. The zero-order valence-corrected chi connectivity index (χ0v) is 21.5. The molecule has 3 aromatic rings. The van der Waals surface area contributed by atoms with Crippen LogP contribution in [0.5, 0.6) is 0 Å². The lowest BCUT2D eigenvalue weighted by Gasteiger charge is -2.57. The maximum atomic E-state index is 9.72. The van der Waals surface area contributed by atoms with E-state index >= 15 is 0 Å². The summed E-state index contributed by atoms with van der Waals surface area (Å²) in [6, 6.07) is 13.7. The lowest BCUT2D eigenvalue weighted by molar-refractivity contribution is -0.00518. The summed E-state index contributed by atoms with van der Waals surface area (Å²) >= 11 is 1.70. The van der Waals surface area contributed by atoms with E-state index in [0.717, 1.165) is 56.5 Å². The van der Waals surface area contributed by atoms with Gasteiger partial charge in [-0.1, -0.05) is 12.1 Å². The predicted molar refractivity (Wildman–Crippen MR) is 141 cm³/mol. The molecule has 7 rings (SSSR count). The van der Waals surface area contributed by atoms with Gasteiger partial charge in [0, 0.05) is 28.0 Å². The Hall–Kier alpha value is -2.64. The highest BCUT2D eigenvalue weighted by Gasteiger charge is 2.51. The molecule has 4 bridgehead atoms. The Labute approximate surface area is 207 Å². The van der Waals surface area contributed by atoms with Gasteiger partial charge in [-0.25, -0.2) is 0 Å². The standard InChI is InChI=1S/C30H33N3S/c1-18-9-25(20(3)33(18)29-28(16-31)19(2)21(4)34-29)17-32-27-7-5-26(6-8-27)30-13-22-10-23(14-30)12-24(11-22)15-30/h5-9,17,22-24H,10-15H2,1-4H3. The third kappa shape index (κ3) is 3.40. The lowest BCUT2D eigenvalue weighted by Crippen LogP contribution is -2.48. The monoisotopic (exact) mass is 467 g/mol. The molecule has 4 aliphatic rings. The van der Waals surface area contributed by atoms with Crippen molar-refractivity contribution in [3.05, 3.63) is 68.9 Å². The van der Waals surface area contributed by atoms with Gasteiger partial charge in [-0.3, -0.25) is 4.99 Å². The summed E-state index contributed by atoms with van der Waals surface area (Å²) in [5, 5.41) is 10.7. The molecule has 4 saturated carbocycles. The van der Waals surface area contributed by atoms with E-state index in [9.17, 15) is 5.26 Å². The zero-order valence-electron chi connectivity index (χ0n) is 20.7. The number of aryl methyl sites for hydroxylation is 2. The fourth-order valence-electron chi connectivity index (χ4n) is 7.64. The summed E-state index contributed by atoms with van der Waals surface area (Å²) < 4.78 is 2.21. The highest BCUT2D eigenvalue weighted by Crippen LogP contribution is 2.60. The summed E-state index contributed by atoms with van der Waals surface area (Å²) in [4.78, 5) is 6.04. The van der Waals surface area contributed by atoms with Crippen molar-refractivity contribution in [2.45, 2.75) is 71.6 Å². The first kappa shape index (κ1) is 21.9. The predicted octanol–water partition coefficient (Wildman–Crippen LogP) is 7.86. The van der Waals surface area contributed by atoms with Crippen LogP contribution >= 0.6 is 11.3 Å². The maximum Gasteiger partial charge on any atom is 0.118 e. The first-order valence-electron chi connectivity index (χ1n) is 12.7. The van der Waals surface area contributed by atoms with Crippen molar-refractivity contribution in [2.24, 2.45) is 22.7 Å². The number of benzene rings is 1. The van der Waals surface area contributed by atoms with Crippen LogP contribution in [0.1, 0.15) is 77.0 Å². The topological polar surface area (TPSA) is 41.1 Å². The second kappa shape index (κ2) is 7.95. The SMILES string of the molecule is Cc1sc(-n2c(C)cc(C=Nc3ccc(C45CC6CC(CC(C6)C4)C5)cc3)c2C)c(C#N)c1C. The molecule has 0 atom stereocenters. The summed E-state index contributed by atoms with van der Waals surface area (Å²) in [6.07, 6.45) is 10.7. The minimum Gasteiger partial charge on any atom is -0.308 e. The van der Waals surface area contributed by atoms with E-state index in [1.54, 1.807) is 16.9 Å². The van der Waals surface area contributed by atoms with E-state index in [1.807, 2.05) is 13.1 Å². The normalized spacial score (nSPS) is 27.6. The highest BCUT2D eigenvalue weighted by atomic mass is 32.1. The number of thiophene rings is 1. The maximum absolute atomic E-state index is 9.72. The van der Waals surface area contributed by atoms with Gasteiger partial charge in [0.2, 0.25) is 0 Å². The van der Waals surface area contributed by atoms with Crippen LogP contribution < -0.4 is 0 Å². The fourth-order valence-corrected chi connectivity index (χ4v) is 8.86. The summed E-state index contributed by atoms with van der Waals surface area (Å²) in [5.74, 6) is 2.91. The highest BCUT2D eigenvalue weighted by molar-refractivity contribution is 7.14. The van der Waals surface area contributed by atoms with Gasteiger partial charge in [-0.2, -0.15) is 5.26 Å². The number of aliphatic imine (C=N–C) groups is 1. The molecule has 0 saturated heterocycles. The molecule has 2 aromatic heterocycles. The molecule has 4 heteroatoms. The van der Waals surface area contributed by atoms with Crippen LogP contribution in [-0.2, 0) is 5.41 Å². The largest absolute Gasteiger partial charge is 0.308 e. The van der Waals surface area contributed by atoms with Crippen molar-refractivity contribution >= 4 is 23.2 Å². The molecule has 0 spiro atoms. The Morgan fingerprint density at radius 2 is 1.62 bits per heavy atom. The Kier molecular flexibility index (Phi) is 5.12. The minimum atomic E-state index is 0.442. The van der Waals surface area contributed by atoms with Crippen LogP contribution in [0.15, 0.2) is 35.3 Å². The van der Waals surface area contributed by atoms with Crippen LogP contribution in [0.2, 0.25) is 0 Å². The molecule has 4 aliphatic carbocycles. The van der Waals surface area contributed by atoms with E-state index in [4.69, 9.17) is 4.99 Å². The molecule has 0 unspecified atom stereocenters. The molecule has 0 N–H and O–H groups in total. The minimum absolute atomic E-state index is 0.442. The fraction of sp³-hybridized carbons (Fsp3) is 0.467. The van der Waals surface area contributed by atoms with Crippen molar-refractivity contribution in [1.82, 2.24) is 4.57 Å². The molecule has 1 aromatic carbocycles. The Bertz CT molecular complexity index is 1290. The Morgan fingerprint density at radius 3 is 2.21 bits per heavy atom. The van der Waals surface area contributed by atoms with Gasteiger partial charge in [0.25, 0.3) is 0 Å². The second-order valence-corrected chi connectivity index (χ2v) is 12.4. The van der Waals surface area contributed by atoms with Crippen molar-refractivity contribution in [2.75, 3.05) is 0 Å². The Balaban J connectivity index is 1.26. The van der Waals surface area contributed by atoms with Crippen LogP contribution in [0, 0.1) is 56.8 Å². The third-order valence-electron chi connectivity index (χ3n) is 9.02. The van der Waals surface area contributed by atoms with E-state index in [2.05, 4.69) is 61.7 Å². The number of hydrogen-bond donors (Lipinski definition) is 0. The van der Waals surface area contributed by atoms with Crippen molar-refractivity contribution in [3.8, 4) is 11.1 Å². The van der Waals surface area contributed by atoms with E-state index in [1.165, 1.54) is 43.4 Å². The molecular formula is C30H33N3S. The van der Waals surface area contributed by atoms with Gasteiger partial charge in [-0.05, 0) is 119 Å². The van der Waals surface area contributed by atoms with E-state index in [0.29, 0.717) is 5.41 Å². The number of nitrogens with zero attached hydrogens (tertiary/aromatic N) is 3. The van der Waals surface area contributed by atoms with Crippen LogP contribution in [0.3, 0.4) is 0 Å². The summed E-state index contributed by atoms with van der Waals surface area (Å²) in [6.45, 7) is 8.36. The molecule has 0 aliphatic heterocycles. The van der Waals surface area contributed by atoms with Crippen molar-refractivity contribution in [3.63, 3.8) is 0 Å². The van der Waals surface area contributed by atoms with Crippen molar-refractivity contribution < 1.29 is 0 Å². The average molecular weight is 468 g/mol. The third-order valence-corrected chi connectivity index (χ3v) is 10.2. The number of hydrogen-bond acceptors (Lipinski definition) is 3. The first-order valence-corrected chi connectivity index (χ1v) is 13.5. The molecule has 174 valence electrons. The van der Waals surface area contributed by atoms with Gasteiger partial charge in [0.05, 0.1) is 11.3 Å². The first-order chi connectivity index (χ1) is 16.4. The van der Waals surface area contributed by atoms with Gasteiger partial charge >= 0.3 is 0 Å². The van der Waals surface area contributed by atoms with Gasteiger partial charge in [0.15, 0.2) is 0 Å². The summed E-state index contributed by atoms with van der Waals surface area (Å²) in [7, 11) is 0. The van der Waals surface area contributed by atoms with Crippen LogP contribution in [0.25, 0.3) is 5.00 Å². The van der Waals surface area contributed by atoms with E-state index < -0.39 is 0 Å².